The molecule has 0 saturated heterocycles. The molecule has 2 aromatic heterocycles. The highest BCUT2D eigenvalue weighted by atomic mass is 32.1. The Balaban J connectivity index is 2.22. The first-order valence-corrected chi connectivity index (χ1v) is 6.20. The molecule has 0 aliphatic rings. The van der Waals surface area contributed by atoms with Gasteiger partial charge in [-0.15, -0.1) is 11.3 Å². The SMILES string of the molecule is Cc1cc(-c2cc3nc[nH]c(=O)c3s2)ccc1F. The predicted molar refractivity (Wildman–Crippen MR) is 70.4 cm³/mol. The van der Waals surface area contributed by atoms with Gasteiger partial charge in [-0.05, 0) is 36.2 Å². The highest BCUT2D eigenvalue weighted by Gasteiger charge is 2.09. The lowest BCUT2D eigenvalue weighted by atomic mass is 10.1. The van der Waals surface area contributed by atoms with E-state index in [-0.39, 0.29) is 11.4 Å². The standard InChI is InChI=1S/C13H9FN2OS/c1-7-4-8(2-3-9(7)14)11-5-10-12(18-11)13(17)16-6-15-10/h2-6H,1H3,(H,15,16,17). The molecule has 1 aromatic carbocycles. The van der Waals surface area contributed by atoms with Crippen molar-refractivity contribution in [1.82, 2.24) is 9.97 Å². The number of thiophene rings is 1. The summed E-state index contributed by atoms with van der Waals surface area (Å²) in [6.07, 6.45) is 1.39. The molecule has 0 aliphatic carbocycles. The van der Waals surface area contributed by atoms with Crippen molar-refractivity contribution >= 4 is 21.6 Å². The van der Waals surface area contributed by atoms with Crippen LogP contribution in [0.5, 0.6) is 0 Å². The zero-order chi connectivity index (χ0) is 12.7. The molecule has 2 heterocycles. The minimum absolute atomic E-state index is 0.143. The van der Waals surface area contributed by atoms with Crippen molar-refractivity contribution in [2.75, 3.05) is 0 Å². The average molecular weight is 260 g/mol. The molecule has 0 bridgehead atoms. The van der Waals surface area contributed by atoms with E-state index in [1.54, 1.807) is 19.1 Å². The van der Waals surface area contributed by atoms with Crippen molar-refractivity contribution in [1.29, 1.82) is 0 Å². The number of benzene rings is 1. The molecule has 0 amide bonds. The van der Waals surface area contributed by atoms with E-state index in [2.05, 4.69) is 9.97 Å². The van der Waals surface area contributed by atoms with Crippen LogP contribution in [0.3, 0.4) is 0 Å². The molecule has 3 nitrogen and oxygen atoms in total. The quantitative estimate of drug-likeness (QED) is 0.730. The largest absolute Gasteiger partial charge is 0.312 e. The summed E-state index contributed by atoms with van der Waals surface area (Å²) < 4.78 is 13.8. The van der Waals surface area contributed by atoms with Crippen LogP contribution < -0.4 is 5.56 Å². The number of aromatic nitrogens is 2. The van der Waals surface area contributed by atoms with Gasteiger partial charge in [0.1, 0.15) is 10.5 Å². The van der Waals surface area contributed by atoms with Gasteiger partial charge in [0.05, 0.1) is 11.8 Å². The number of fused-ring (bicyclic) bond motifs is 1. The third-order valence-corrected chi connectivity index (χ3v) is 3.93. The van der Waals surface area contributed by atoms with Crippen molar-refractivity contribution < 1.29 is 4.39 Å². The minimum Gasteiger partial charge on any atom is -0.312 e. The molecule has 1 N–H and O–H groups in total. The summed E-state index contributed by atoms with van der Waals surface area (Å²) in [5.41, 5.74) is 2.01. The molecule has 90 valence electrons. The Hall–Kier alpha value is -2.01. The molecule has 3 rings (SSSR count). The van der Waals surface area contributed by atoms with Crippen LogP contribution in [0.25, 0.3) is 20.7 Å². The van der Waals surface area contributed by atoms with Crippen LogP contribution in [-0.2, 0) is 0 Å². The molecule has 0 aliphatic heterocycles. The van der Waals surface area contributed by atoms with Crippen molar-refractivity contribution in [3.05, 3.63) is 52.3 Å². The van der Waals surface area contributed by atoms with Gasteiger partial charge in [0.2, 0.25) is 0 Å². The molecule has 0 fully saturated rings. The highest BCUT2D eigenvalue weighted by Crippen LogP contribution is 2.31. The van der Waals surface area contributed by atoms with E-state index in [0.717, 1.165) is 10.4 Å². The van der Waals surface area contributed by atoms with Crippen LogP contribution in [0.4, 0.5) is 4.39 Å². The number of nitrogens with one attached hydrogen (secondary N) is 1. The Morgan fingerprint density at radius 3 is 2.89 bits per heavy atom. The second-order valence-corrected chi connectivity index (χ2v) is 5.07. The molecule has 0 atom stereocenters. The van der Waals surface area contributed by atoms with Gasteiger partial charge in [-0.25, -0.2) is 9.37 Å². The predicted octanol–water partition coefficient (Wildman–Crippen LogP) is 3.10. The monoisotopic (exact) mass is 260 g/mol. The van der Waals surface area contributed by atoms with Gasteiger partial charge in [-0.2, -0.15) is 0 Å². The lowest BCUT2D eigenvalue weighted by molar-refractivity contribution is 0.619. The van der Waals surface area contributed by atoms with Crippen LogP contribution in [0, 0.1) is 12.7 Å². The fraction of sp³-hybridized carbons (Fsp3) is 0.0769. The van der Waals surface area contributed by atoms with Crippen LogP contribution in [-0.4, -0.2) is 9.97 Å². The molecule has 18 heavy (non-hydrogen) atoms. The molecule has 3 aromatic rings. The van der Waals surface area contributed by atoms with Crippen LogP contribution >= 0.6 is 11.3 Å². The van der Waals surface area contributed by atoms with E-state index in [1.807, 2.05) is 6.07 Å². The third kappa shape index (κ3) is 1.73. The summed E-state index contributed by atoms with van der Waals surface area (Å²) in [6, 6.07) is 6.77. The Morgan fingerprint density at radius 2 is 2.17 bits per heavy atom. The first-order valence-electron chi connectivity index (χ1n) is 5.39. The summed E-state index contributed by atoms with van der Waals surface area (Å²) in [4.78, 5) is 19.2. The first-order chi connectivity index (χ1) is 8.65. The number of aryl methyl sites for hydroxylation is 1. The molecule has 0 spiro atoms. The van der Waals surface area contributed by atoms with Crippen molar-refractivity contribution in [3.63, 3.8) is 0 Å². The van der Waals surface area contributed by atoms with Crippen molar-refractivity contribution in [2.24, 2.45) is 0 Å². The Labute approximate surface area is 106 Å². The Morgan fingerprint density at radius 1 is 1.33 bits per heavy atom. The van der Waals surface area contributed by atoms with E-state index in [9.17, 15) is 9.18 Å². The second-order valence-electron chi connectivity index (χ2n) is 4.02. The van der Waals surface area contributed by atoms with Crippen molar-refractivity contribution in [3.8, 4) is 10.4 Å². The highest BCUT2D eigenvalue weighted by molar-refractivity contribution is 7.22. The third-order valence-electron chi connectivity index (χ3n) is 2.76. The Bertz CT molecular complexity index is 791. The number of H-pyrrole nitrogens is 1. The van der Waals surface area contributed by atoms with Gasteiger partial charge in [0, 0.05) is 4.88 Å². The maximum absolute atomic E-state index is 13.2. The number of nitrogens with zero attached hydrogens (tertiary/aromatic N) is 1. The summed E-state index contributed by atoms with van der Waals surface area (Å²) in [5, 5.41) is 0. The maximum Gasteiger partial charge on any atom is 0.268 e. The van der Waals surface area contributed by atoms with E-state index in [0.29, 0.717) is 15.8 Å². The smallest absolute Gasteiger partial charge is 0.268 e. The molecular formula is C13H9FN2OS. The van der Waals surface area contributed by atoms with Gasteiger partial charge in [-0.3, -0.25) is 4.79 Å². The number of rotatable bonds is 1. The minimum atomic E-state index is -0.226. The van der Waals surface area contributed by atoms with E-state index >= 15 is 0 Å². The topological polar surface area (TPSA) is 45.8 Å². The van der Waals surface area contributed by atoms with Gasteiger partial charge < -0.3 is 4.98 Å². The maximum atomic E-state index is 13.2. The fourth-order valence-electron chi connectivity index (χ4n) is 1.81. The second kappa shape index (κ2) is 4.03. The number of aromatic amines is 1. The zero-order valence-corrected chi connectivity index (χ0v) is 10.3. The van der Waals surface area contributed by atoms with Crippen LogP contribution in [0.2, 0.25) is 0 Å². The summed E-state index contributed by atoms with van der Waals surface area (Å²) >= 11 is 1.36. The summed E-state index contributed by atoms with van der Waals surface area (Å²) in [7, 11) is 0. The van der Waals surface area contributed by atoms with E-state index in [1.165, 1.54) is 23.7 Å². The van der Waals surface area contributed by atoms with Crippen molar-refractivity contribution in [2.45, 2.75) is 6.92 Å². The van der Waals surface area contributed by atoms with Gasteiger partial charge in [-0.1, -0.05) is 6.07 Å². The molecule has 0 radical (unpaired) electrons. The van der Waals surface area contributed by atoms with Gasteiger partial charge in [0.15, 0.2) is 0 Å². The first kappa shape index (κ1) is 11.1. The molecule has 5 heteroatoms. The van der Waals surface area contributed by atoms with Gasteiger partial charge in [0.25, 0.3) is 5.56 Å². The Kier molecular flexibility index (Phi) is 2.48. The van der Waals surface area contributed by atoms with Crippen LogP contribution in [0.1, 0.15) is 5.56 Å². The zero-order valence-electron chi connectivity index (χ0n) is 9.53. The van der Waals surface area contributed by atoms with E-state index in [4.69, 9.17) is 0 Å². The molecular weight excluding hydrogens is 251 g/mol. The summed E-state index contributed by atoms with van der Waals surface area (Å²) in [6.45, 7) is 1.72. The lowest BCUT2D eigenvalue weighted by Crippen LogP contribution is -2.02. The molecule has 0 saturated carbocycles. The average Bonchev–Trinajstić information content (AvgIpc) is 2.78. The number of halogens is 1. The fourth-order valence-corrected chi connectivity index (χ4v) is 2.81. The number of hydrogen-bond donors (Lipinski definition) is 1. The lowest BCUT2D eigenvalue weighted by Gasteiger charge is -1.99. The molecule has 0 unspecified atom stereocenters. The number of hydrogen-bond acceptors (Lipinski definition) is 3. The van der Waals surface area contributed by atoms with Gasteiger partial charge >= 0.3 is 0 Å². The van der Waals surface area contributed by atoms with E-state index < -0.39 is 0 Å². The normalized spacial score (nSPS) is 11.0. The summed E-state index contributed by atoms with van der Waals surface area (Å²) in [5.74, 6) is -0.226. The van der Waals surface area contributed by atoms with Crippen LogP contribution in [0.15, 0.2) is 35.4 Å².